The number of hydrogen-bond acceptors (Lipinski definition) is 7. The molecule has 4 atom stereocenters. The highest BCUT2D eigenvalue weighted by molar-refractivity contribution is 5.83. The lowest BCUT2D eigenvalue weighted by Crippen LogP contribution is -2.36. The van der Waals surface area contributed by atoms with Crippen LogP contribution in [0.2, 0.25) is 0 Å². The Morgan fingerprint density at radius 1 is 1.03 bits per heavy atom. The SMILES string of the molecule is CCCCCCCCC=CCCCCCCCCOC(=O)Nc1nc(=O)n(C2OC(C)C(O)C2O)cc1F. The fourth-order valence-electron chi connectivity index (χ4n) is 4.42. The molecule has 0 aliphatic carbocycles. The van der Waals surface area contributed by atoms with Crippen LogP contribution in [0.15, 0.2) is 23.1 Å². The van der Waals surface area contributed by atoms with E-state index < -0.39 is 48.0 Å². The molecular weight excluding hydrogens is 493 g/mol. The fraction of sp³-hybridized carbons (Fsp3) is 0.750. The first-order valence-corrected chi connectivity index (χ1v) is 14.2. The molecule has 2 rings (SSSR count). The number of carbonyl (C=O) groups excluding carboxylic acids is 1. The molecule has 2 heterocycles. The van der Waals surface area contributed by atoms with Crippen molar-refractivity contribution in [1.82, 2.24) is 9.55 Å². The van der Waals surface area contributed by atoms with E-state index in [0.717, 1.165) is 36.4 Å². The predicted molar refractivity (Wildman–Crippen MR) is 144 cm³/mol. The molecule has 1 aliphatic heterocycles. The highest BCUT2D eigenvalue weighted by Gasteiger charge is 2.42. The Hall–Kier alpha value is -2.30. The number of carbonyl (C=O) groups is 1. The number of nitrogens with zero attached hydrogens (tertiary/aromatic N) is 2. The first-order chi connectivity index (χ1) is 18.3. The van der Waals surface area contributed by atoms with Crippen LogP contribution >= 0.6 is 0 Å². The van der Waals surface area contributed by atoms with Gasteiger partial charge in [-0.15, -0.1) is 0 Å². The number of halogens is 1. The van der Waals surface area contributed by atoms with Crippen LogP contribution in [-0.4, -0.2) is 50.8 Å². The van der Waals surface area contributed by atoms with Gasteiger partial charge in [0.1, 0.15) is 12.2 Å². The van der Waals surface area contributed by atoms with Gasteiger partial charge in [0.2, 0.25) is 0 Å². The Kier molecular flexibility index (Phi) is 15.2. The summed E-state index contributed by atoms with van der Waals surface area (Å²) in [4.78, 5) is 27.7. The normalized spacial score (nSPS) is 21.3. The molecular formula is C28H46FN3O6. The summed E-state index contributed by atoms with van der Waals surface area (Å²) in [5, 5.41) is 21.9. The zero-order valence-electron chi connectivity index (χ0n) is 22.9. The number of nitrogens with one attached hydrogen (secondary N) is 1. The minimum Gasteiger partial charge on any atom is -0.449 e. The summed E-state index contributed by atoms with van der Waals surface area (Å²) in [6, 6.07) is 0. The van der Waals surface area contributed by atoms with Gasteiger partial charge in [-0.2, -0.15) is 4.98 Å². The summed E-state index contributed by atoms with van der Waals surface area (Å²) in [6.07, 6.45) is 16.4. The Bertz CT molecular complexity index is 909. The molecule has 1 fully saturated rings. The fourth-order valence-corrected chi connectivity index (χ4v) is 4.42. The van der Waals surface area contributed by atoms with Gasteiger partial charge in [-0.05, 0) is 39.0 Å². The van der Waals surface area contributed by atoms with Crippen LogP contribution in [0, 0.1) is 5.82 Å². The second-order valence-corrected chi connectivity index (χ2v) is 10.0. The number of allylic oxidation sites excluding steroid dienone is 2. The third-order valence-corrected chi connectivity index (χ3v) is 6.77. The lowest BCUT2D eigenvalue weighted by molar-refractivity contribution is -0.0355. The van der Waals surface area contributed by atoms with E-state index in [9.17, 15) is 24.2 Å². The van der Waals surface area contributed by atoms with Crippen molar-refractivity contribution < 1.29 is 28.9 Å². The minimum absolute atomic E-state index is 0.184. The van der Waals surface area contributed by atoms with Gasteiger partial charge in [0.05, 0.1) is 18.9 Å². The molecule has 10 heteroatoms. The maximum absolute atomic E-state index is 14.4. The van der Waals surface area contributed by atoms with E-state index in [2.05, 4.69) is 29.4 Å². The number of unbranched alkanes of at least 4 members (excludes halogenated alkanes) is 12. The molecule has 0 aromatic carbocycles. The van der Waals surface area contributed by atoms with E-state index in [-0.39, 0.29) is 6.61 Å². The van der Waals surface area contributed by atoms with E-state index in [1.54, 1.807) is 0 Å². The van der Waals surface area contributed by atoms with Gasteiger partial charge in [0, 0.05) is 0 Å². The van der Waals surface area contributed by atoms with Crippen LogP contribution in [0.25, 0.3) is 0 Å². The topological polar surface area (TPSA) is 123 Å². The van der Waals surface area contributed by atoms with Gasteiger partial charge in [-0.1, -0.05) is 76.9 Å². The van der Waals surface area contributed by atoms with Gasteiger partial charge in [-0.25, -0.2) is 14.0 Å². The van der Waals surface area contributed by atoms with E-state index in [1.165, 1.54) is 64.7 Å². The molecule has 1 aromatic rings. The summed E-state index contributed by atoms with van der Waals surface area (Å²) in [6.45, 7) is 3.95. The molecule has 38 heavy (non-hydrogen) atoms. The number of aliphatic hydroxyl groups is 2. The maximum atomic E-state index is 14.4. The highest BCUT2D eigenvalue weighted by atomic mass is 19.1. The Labute approximate surface area is 225 Å². The molecule has 3 N–H and O–H groups in total. The van der Waals surface area contributed by atoms with Crippen LogP contribution < -0.4 is 11.0 Å². The molecule has 1 saturated heterocycles. The number of hydrogen-bond donors (Lipinski definition) is 3. The van der Waals surface area contributed by atoms with Gasteiger partial charge >= 0.3 is 11.8 Å². The zero-order valence-corrected chi connectivity index (χ0v) is 22.9. The van der Waals surface area contributed by atoms with Crippen LogP contribution in [0.3, 0.4) is 0 Å². The van der Waals surface area contributed by atoms with E-state index in [0.29, 0.717) is 6.42 Å². The van der Waals surface area contributed by atoms with Gasteiger partial charge in [0.25, 0.3) is 0 Å². The molecule has 0 saturated carbocycles. The van der Waals surface area contributed by atoms with Crippen molar-refractivity contribution in [2.24, 2.45) is 0 Å². The van der Waals surface area contributed by atoms with Crippen molar-refractivity contribution in [2.45, 2.75) is 128 Å². The van der Waals surface area contributed by atoms with Crippen LogP contribution in [-0.2, 0) is 9.47 Å². The molecule has 1 aliphatic rings. The average molecular weight is 540 g/mol. The number of aliphatic hydroxyl groups excluding tert-OH is 2. The zero-order chi connectivity index (χ0) is 27.8. The molecule has 9 nitrogen and oxygen atoms in total. The summed E-state index contributed by atoms with van der Waals surface area (Å²) in [7, 11) is 0. The first kappa shape index (κ1) is 31.9. The van der Waals surface area contributed by atoms with Gasteiger partial charge < -0.3 is 19.7 Å². The number of ether oxygens (including phenoxy) is 2. The molecule has 1 amide bonds. The summed E-state index contributed by atoms with van der Waals surface area (Å²) in [5.74, 6) is -1.57. The van der Waals surface area contributed by atoms with Crippen molar-refractivity contribution in [1.29, 1.82) is 0 Å². The van der Waals surface area contributed by atoms with E-state index >= 15 is 0 Å². The second-order valence-electron chi connectivity index (χ2n) is 10.0. The first-order valence-electron chi connectivity index (χ1n) is 14.2. The smallest absolute Gasteiger partial charge is 0.412 e. The third-order valence-electron chi connectivity index (χ3n) is 6.77. The summed E-state index contributed by atoms with van der Waals surface area (Å²) < 4.78 is 25.5. The lowest BCUT2D eigenvalue weighted by Gasteiger charge is -2.17. The highest BCUT2D eigenvalue weighted by Crippen LogP contribution is 2.28. The lowest BCUT2D eigenvalue weighted by atomic mass is 10.1. The molecule has 0 bridgehead atoms. The van der Waals surface area contributed by atoms with E-state index in [1.807, 2.05) is 0 Å². The number of aromatic nitrogens is 2. The number of rotatable bonds is 18. The van der Waals surface area contributed by atoms with Crippen LogP contribution in [0.5, 0.6) is 0 Å². The Morgan fingerprint density at radius 3 is 2.18 bits per heavy atom. The quantitative estimate of drug-likeness (QED) is 0.164. The van der Waals surface area contributed by atoms with Crippen molar-refractivity contribution in [3.05, 3.63) is 34.7 Å². The van der Waals surface area contributed by atoms with Crippen LogP contribution in [0.1, 0.15) is 110 Å². The molecule has 216 valence electrons. The molecule has 1 aromatic heterocycles. The van der Waals surface area contributed by atoms with Crippen molar-refractivity contribution >= 4 is 11.9 Å². The standard InChI is InChI=1S/C28H46FN3O6/c1-3-4-5-6-7-8-9-10-11-12-13-14-15-16-17-18-19-37-28(36)31-25-22(29)20-32(27(35)30-25)26-24(34)23(33)21(2)38-26/h10-11,20-21,23-24,26,33-34H,3-9,12-19H2,1-2H3,(H,30,31,35,36). The van der Waals surface area contributed by atoms with Crippen molar-refractivity contribution in [3.63, 3.8) is 0 Å². The van der Waals surface area contributed by atoms with Crippen molar-refractivity contribution in [2.75, 3.05) is 11.9 Å². The van der Waals surface area contributed by atoms with Gasteiger partial charge in [-0.3, -0.25) is 9.88 Å². The third kappa shape index (κ3) is 11.2. The monoisotopic (exact) mass is 539 g/mol. The van der Waals surface area contributed by atoms with E-state index in [4.69, 9.17) is 9.47 Å². The average Bonchev–Trinajstić information content (AvgIpc) is 3.14. The second kappa shape index (κ2) is 18.1. The largest absolute Gasteiger partial charge is 0.449 e. The predicted octanol–water partition coefficient (Wildman–Crippen LogP) is 5.61. The number of amides is 1. The molecule has 0 radical (unpaired) electrons. The number of anilines is 1. The minimum atomic E-state index is -1.41. The Morgan fingerprint density at radius 2 is 1.61 bits per heavy atom. The summed E-state index contributed by atoms with van der Waals surface area (Å²) >= 11 is 0. The van der Waals surface area contributed by atoms with Crippen molar-refractivity contribution in [3.8, 4) is 0 Å². The summed E-state index contributed by atoms with van der Waals surface area (Å²) in [5.41, 5.74) is -0.944. The van der Waals surface area contributed by atoms with Crippen LogP contribution in [0.4, 0.5) is 15.0 Å². The maximum Gasteiger partial charge on any atom is 0.412 e. The molecule has 4 unspecified atom stereocenters. The Balaban J connectivity index is 1.52. The van der Waals surface area contributed by atoms with Gasteiger partial charge in [0.15, 0.2) is 17.9 Å². The molecule has 0 spiro atoms.